The first-order chi connectivity index (χ1) is 7.79. The van der Waals surface area contributed by atoms with E-state index in [0.717, 1.165) is 32.5 Å². The van der Waals surface area contributed by atoms with Gasteiger partial charge in [0.1, 0.15) is 0 Å². The molecule has 0 aromatic heterocycles. The van der Waals surface area contributed by atoms with E-state index in [4.69, 9.17) is 0 Å². The second-order valence-electron chi connectivity index (χ2n) is 4.70. The highest BCUT2D eigenvalue weighted by atomic mass is 16.3. The van der Waals surface area contributed by atoms with Crippen molar-refractivity contribution in [3.8, 4) is 0 Å². The van der Waals surface area contributed by atoms with Gasteiger partial charge in [-0.3, -0.25) is 0 Å². The molecule has 1 N–H and O–H groups in total. The van der Waals surface area contributed by atoms with Crippen molar-refractivity contribution in [1.29, 1.82) is 0 Å². The first-order valence-electron chi connectivity index (χ1n) is 6.24. The zero-order chi connectivity index (χ0) is 11.4. The molecule has 1 aliphatic rings. The standard InChI is InChI=1S/C14H21NO/c1-2-15-9-8-13(14(16)11-15)10-12-6-4-3-5-7-12/h3-7,13-14,16H,2,8-11H2,1H3. The Kier molecular flexibility index (Phi) is 3.97. The number of piperidine rings is 1. The number of β-amino-alcohol motifs (C(OH)–C–C–N with tert-alkyl or cyclic N) is 1. The third-order valence-electron chi connectivity index (χ3n) is 3.59. The maximum Gasteiger partial charge on any atom is 0.0698 e. The molecule has 1 aliphatic heterocycles. The highest BCUT2D eigenvalue weighted by Crippen LogP contribution is 2.21. The number of likely N-dealkylation sites (N-methyl/N-ethyl adjacent to an activating group) is 1. The van der Waals surface area contributed by atoms with Crippen LogP contribution in [0.1, 0.15) is 18.9 Å². The van der Waals surface area contributed by atoms with E-state index in [2.05, 4.69) is 36.1 Å². The van der Waals surface area contributed by atoms with E-state index in [0.29, 0.717) is 5.92 Å². The predicted molar refractivity (Wildman–Crippen MR) is 66.4 cm³/mol. The molecule has 0 bridgehead atoms. The van der Waals surface area contributed by atoms with Crippen LogP contribution in [0.3, 0.4) is 0 Å². The molecule has 2 atom stereocenters. The van der Waals surface area contributed by atoms with Crippen molar-refractivity contribution in [3.05, 3.63) is 35.9 Å². The average molecular weight is 219 g/mol. The minimum absolute atomic E-state index is 0.158. The van der Waals surface area contributed by atoms with E-state index in [9.17, 15) is 5.11 Å². The number of likely N-dealkylation sites (tertiary alicyclic amines) is 1. The van der Waals surface area contributed by atoms with Gasteiger partial charge < -0.3 is 10.0 Å². The Labute approximate surface area is 97.9 Å². The molecule has 2 heteroatoms. The van der Waals surface area contributed by atoms with Crippen molar-refractivity contribution in [1.82, 2.24) is 4.90 Å². The van der Waals surface area contributed by atoms with Gasteiger partial charge in [-0.25, -0.2) is 0 Å². The minimum atomic E-state index is -0.158. The third-order valence-corrected chi connectivity index (χ3v) is 3.59. The molecular weight excluding hydrogens is 198 g/mol. The van der Waals surface area contributed by atoms with Gasteiger partial charge in [-0.2, -0.15) is 0 Å². The van der Waals surface area contributed by atoms with Gasteiger partial charge in [-0.15, -0.1) is 0 Å². The number of hydrogen-bond donors (Lipinski definition) is 1. The Bertz CT molecular complexity index is 312. The quantitative estimate of drug-likeness (QED) is 0.839. The van der Waals surface area contributed by atoms with Gasteiger partial charge in [0, 0.05) is 6.54 Å². The van der Waals surface area contributed by atoms with Gasteiger partial charge in [0.2, 0.25) is 0 Å². The summed E-state index contributed by atoms with van der Waals surface area (Å²) in [6.45, 7) is 5.18. The molecule has 1 aromatic rings. The van der Waals surface area contributed by atoms with E-state index in [1.165, 1.54) is 5.56 Å². The highest BCUT2D eigenvalue weighted by Gasteiger charge is 2.26. The van der Waals surface area contributed by atoms with E-state index >= 15 is 0 Å². The lowest BCUT2D eigenvalue weighted by Gasteiger charge is -2.35. The molecule has 1 heterocycles. The van der Waals surface area contributed by atoms with E-state index in [1.54, 1.807) is 0 Å². The lowest BCUT2D eigenvalue weighted by Crippen LogP contribution is -2.44. The first-order valence-corrected chi connectivity index (χ1v) is 6.24. The second kappa shape index (κ2) is 5.46. The van der Waals surface area contributed by atoms with Crippen molar-refractivity contribution in [3.63, 3.8) is 0 Å². The van der Waals surface area contributed by atoms with Crippen LogP contribution in [0.2, 0.25) is 0 Å². The fourth-order valence-electron chi connectivity index (χ4n) is 2.49. The third kappa shape index (κ3) is 2.83. The molecule has 88 valence electrons. The lowest BCUT2D eigenvalue weighted by atomic mass is 9.88. The number of rotatable bonds is 3. The van der Waals surface area contributed by atoms with Crippen LogP contribution in [0.25, 0.3) is 0 Å². The number of hydrogen-bond acceptors (Lipinski definition) is 2. The van der Waals surface area contributed by atoms with Crippen LogP contribution in [-0.4, -0.2) is 35.7 Å². The van der Waals surface area contributed by atoms with Crippen LogP contribution < -0.4 is 0 Å². The molecule has 0 saturated carbocycles. The molecule has 0 amide bonds. The summed E-state index contributed by atoms with van der Waals surface area (Å²) in [7, 11) is 0. The second-order valence-corrected chi connectivity index (χ2v) is 4.70. The molecule has 2 nitrogen and oxygen atoms in total. The Morgan fingerprint density at radius 1 is 1.31 bits per heavy atom. The van der Waals surface area contributed by atoms with Crippen molar-refractivity contribution < 1.29 is 5.11 Å². The molecule has 1 aromatic carbocycles. The molecule has 0 spiro atoms. The van der Waals surface area contributed by atoms with Crippen LogP contribution in [0.5, 0.6) is 0 Å². The summed E-state index contributed by atoms with van der Waals surface area (Å²) in [6, 6.07) is 10.5. The van der Waals surface area contributed by atoms with E-state index in [1.807, 2.05) is 6.07 Å². The summed E-state index contributed by atoms with van der Waals surface area (Å²) in [5.41, 5.74) is 1.34. The molecule has 2 unspecified atom stereocenters. The number of benzene rings is 1. The molecule has 1 saturated heterocycles. The molecule has 16 heavy (non-hydrogen) atoms. The Morgan fingerprint density at radius 3 is 2.69 bits per heavy atom. The normalized spacial score (nSPS) is 26.9. The van der Waals surface area contributed by atoms with Crippen LogP contribution in [0, 0.1) is 5.92 Å². The van der Waals surface area contributed by atoms with E-state index in [-0.39, 0.29) is 6.10 Å². The molecule has 0 aliphatic carbocycles. The topological polar surface area (TPSA) is 23.5 Å². The monoisotopic (exact) mass is 219 g/mol. The SMILES string of the molecule is CCN1CCC(Cc2ccccc2)C(O)C1. The molecule has 0 radical (unpaired) electrons. The zero-order valence-electron chi connectivity index (χ0n) is 9.97. The summed E-state index contributed by atoms with van der Waals surface area (Å²) in [5.74, 6) is 0.435. The van der Waals surface area contributed by atoms with Crippen molar-refractivity contribution >= 4 is 0 Å². The van der Waals surface area contributed by atoms with Gasteiger partial charge in [0.05, 0.1) is 6.10 Å². The van der Waals surface area contributed by atoms with Crippen molar-refractivity contribution in [2.45, 2.75) is 25.9 Å². The van der Waals surface area contributed by atoms with Gasteiger partial charge in [0.15, 0.2) is 0 Å². The van der Waals surface area contributed by atoms with Crippen LogP contribution in [0.15, 0.2) is 30.3 Å². The summed E-state index contributed by atoms with van der Waals surface area (Å²) < 4.78 is 0. The maximum absolute atomic E-state index is 10.1. The lowest BCUT2D eigenvalue weighted by molar-refractivity contribution is 0.0242. The van der Waals surface area contributed by atoms with Crippen LogP contribution in [-0.2, 0) is 6.42 Å². The Balaban J connectivity index is 1.92. The molecule has 1 fully saturated rings. The van der Waals surface area contributed by atoms with Crippen LogP contribution in [0.4, 0.5) is 0 Å². The first kappa shape index (κ1) is 11.6. The zero-order valence-corrected chi connectivity index (χ0v) is 9.97. The largest absolute Gasteiger partial charge is 0.391 e. The van der Waals surface area contributed by atoms with Gasteiger partial charge in [-0.1, -0.05) is 37.3 Å². The summed E-state index contributed by atoms with van der Waals surface area (Å²) in [4.78, 5) is 2.33. The van der Waals surface area contributed by atoms with Gasteiger partial charge in [0.25, 0.3) is 0 Å². The number of aliphatic hydroxyl groups excluding tert-OH is 1. The summed E-state index contributed by atoms with van der Waals surface area (Å²) in [5, 5.41) is 10.1. The molecular formula is C14H21NO. The number of nitrogens with zero attached hydrogens (tertiary/aromatic N) is 1. The Hall–Kier alpha value is -0.860. The van der Waals surface area contributed by atoms with Gasteiger partial charge >= 0.3 is 0 Å². The van der Waals surface area contributed by atoms with Gasteiger partial charge in [-0.05, 0) is 37.4 Å². The summed E-state index contributed by atoms with van der Waals surface area (Å²) >= 11 is 0. The number of aliphatic hydroxyl groups is 1. The highest BCUT2D eigenvalue weighted by molar-refractivity contribution is 5.15. The smallest absolute Gasteiger partial charge is 0.0698 e. The molecule has 2 rings (SSSR count). The van der Waals surface area contributed by atoms with Crippen molar-refractivity contribution in [2.75, 3.05) is 19.6 Å². The fourth-order valence-corrected chi connectivity index (χ4v) is 2.49. The van der Waals surface area contributed by atoms with Crippen molar-refractivity contribution in [2.24, 2.45) is 5.92 Å². The summed E-state index contributed by atoms with van der Waals surface area (Å²) in [6.07, 6.45) is 1.97. The van der Waals surface area contributed by atoms with Crippen LogP contribution >= 0.6 is 0 Å². The fraction of sp³-hybridized carbons (Fsp3) is 0.571. The van der Waals surface area contributed by atoms with E-state index < -0.39 is 0 Å². The maximum atomic E-state index is 10.1. The average Bonchev–Trinajstić information content (AvgIpc) is 2.33. The minimum Gasteiger partial charge on any atom is -0.391 e. The predicted octanol–water partition coefficient (Wildman–Crippen LogP) is 1.93. The Morgan fingerprint density at radius 2 is 2.06 bits per heavy atom.